The number of carbonyl (C=O) groups excluding carboxylic acids is 2. The number of benzene rings is 3. The van der Waals surface area contributed by atoms with Gasteiger partial charge in [0.2, 0.25) is 11.8 Å². The average Bonchev–Trinajstić information content (AvgIpc) is 2.87. The van der Waals surface area contributed by atoms with Gasteiger partial charge in [0.25, 0.3) is 0 Å². The van der Waals surface area contributed by atoms with Gasteiger partial charge in [0, 0.05) is 22.5 Å². The molecule has 0 saturated carbocycles. The Labute approximate surface area is 219 Å². The van der Waals surface area contributed by atoms with Crippen LogP contribution in [0.3, 0.4) is 0 Å². The van der Waals surface area contributed by atoms with Crippen molar-refractivity contribution in [1.82, 2.24) is 9.88 Å². The minimum Gasteiger partial charge on any atom is -0.487 e. The zero-order chi connectivity index (χ0) is 25.2. The summed E-state index contributed by atoms with van der Waals surface area (Å²) in [5, 5.41) is 1.66. The molecule has 1 aliphatic heterocycles. The second-order valence-electron chi connectivity index (χ2n) is 8.63. The van der Waals surface area contributed by atoms with Crippen LogP contribution in [0.2, 0.25) is 10.0 Å². The van der Waals surface area contributed by atoms with Gasteiger partial charge in [-0.25, -0.2) is 4.98 Å². The fourth-order valence-electron chi connectivity index (χ4n) is 4.24. The van der Waals surface area contributed by atoms with E-state index in [0.29, 0.717) is 28.6 Å². The van der Waals surface area contributed by atoms with E-state index in [4.69, 9.17) is 27.9 Å². The van der Waals surface area contributed by atoms with Crippen LogP contribution in [0.4, 0.5) is 5.69 Å². The van der Waals surface area contributed by atoms with E-state index in [2.05, 4.69) is 4.98 Å². The van der Waals surface area contributed by atoms with Gasteiger partial charge in [-0.1, -0.05) is 71.7 Å². The Hall–Kier alpha value is -3.61. The molecule has 0 radical (unpaired) electrons. The highest BCUT2D eigenvalue weighted by Gasteiger charge is 2.32. The minimum atomic E-state index is -0.212. The fraction of sp³-hybridized carbons (Fsp3) is 0.179. The number of hydrogen-bond acceptors (Lipinski definition) is 4. The Balaban J connectivity index is 1.35. The van der Waals surface area contributed by atoms with Gasteiger partial charge in [-0.3, -0.25) is 14.5 Å². The number of amides is 2. The Morgan fingerprint density at radius 1 is 0.917 bits per heavy atom. The molecule has 6 nitrogen and oxygen atoms in total. The molecule has 0 bridgehead atoms. The van der Waals surface area contributed by atoms with Crippen LogP contribution in [-0.2, 0) is 22.7 Å². The van der Waals surface area contributed by atoms with Crippen molar-refractivity contribution in [3.8, 4) is 5.75 Å². The number of anilines is 1. The number of ether oxygens (including phenoxy) is 1. The summed E-state index contributed by atoms with van der Waals surface area (Å²) in [7, 11) is 0. The first kappa shape index (κ1) is 24.1. The predicted molar refractivity (Wildman–Crippen MR) is 141 cm³/mol. The molecule has 5 rings (SSSR count). The second-order valence-corrected chi connectivity index (χ2v) is 9.41. The third-order valence-electron chi connectivity index (χ3n) is 6.19. The Morgan fingerprint density at radius 3 is 2.47 bits per heavy atom. The number of piperazine rings is 1. The lowest BCUT2D eigenvalue weighted by Gasteiger charge is -2.34. The molecule has 1 fully saturated rings. The third-order valence-corrected chi connectivity index (χ3v) is 6.96. The Kier molecular flexibility index (Phi) is 6.81. The molecule has 2 amide bonds. The van der Waals surface area contributed by atoms with E-state index in [0.717, 1.165) is 22.2 Å². The summed E-state index contributed by atoms with van der Waals surface area (Å²) < 4.78 is 6.06. The van der Waals surface area contributed by atoms with Crippen molar-refractivity contribution in [1.29, 1.82) is 0 Å². The molecular weight excluding hydrogens is 497 g/mol. The normalized spacial score (nSPS) is 14.0. The number of rotatable bonds is 6. The average molecular weight is 520 g/mol. The largest absolute Gasteiger partial charge is 0.487 e. The molecule has 182 valence electrons. The van der Waals surface area contributed by atoms with Crippen molar-refractivity contribution in [3.63, 3.8) is 0 Å². The van der Waals surface area contributed by atoms with Crippen molar-refractivity contribution in [3.05, 3.63) is 99.7 Å². The molecule has 0 N–H and O–H groups in total. The number of aromatic nitrogens is 1. The summed E-state index contributed by atoms with van der Waals surface area (Å²) in [6.07, 6.45) is 0. The molecule has 3 aromatic carbocycles. The summed E-state index contributed by atoms with van der Waals surface area (Å²) in [4.78, 5) is 33.5. The molecule has 0 spiro atoms. The molecule has 1 aliphatic rings. The van der Waals surface area contributed by atoms with Crippen molar-refractivity contribution in [2.45, 2.75) is 20.1 Å². The monoisotopic (exact) mass is 519 g/mol. The van der Waals surface area contributed by atoms with Crippen LogP contribution in [0.15, 0.2) is 72.8 Å². The highest BCUT2D eigenvalue weighted by Crippen LogP contribution is 2.36. The highest BCUT2D eigenvalue weighted by molar-refractivity contribution is 6.38. The summed E-state index contributed by atoms with van der Waals surface area (Å²) in [6.45, 7) is 2.22. The number of hydrogen-bond donors (Lipinski definition) is 0. The third kappa shape index (κ3) is 4.87. The van der Waals surface area contributed by atoms with Gasteiger partial charge in [-0.2, -0.15) is 0 Å². The molecule has 8 heteroatoms. The topological polar surface area (TPSA) is 62.7 Å². The number of halogens is 2. The first-order chi connectivity index (χ1) is 17.4. The van der Waals surface area contributed by atoms with Gasteiger partial charge in [0.05, 0.1) is 21.9 Å². The van der Waals surface area contributed by atoms with Gasteiger partial charge in [0.15, 0.2) is 0 Å². The minimum absolute atomic E-state index is 0.0273. The van der Waals surface area contributed by atoms with E-state index >= 15 is 0 Å². The van der Waals surface area contributed by atoms with E-state index in [1.165, 1.54) is 4.90 Å². The summed E-state index contributed by atoms with van der Waals surface area (Å²) >= 11 is 13.2. The molecule has 0 unspecified atom stereocenters. The molecule has 4 aromatic rings. The van der Waals surface area contributed by atoms with Crippen molar-refractivity contribution < 1.29 is 14.3 Å². The van der Waals surface area contributed by atoms with Gasteiger partial charge >= 0.3 is 0 Å². The van der Waals surface area contributed by atoms with Gasteiger partial charge in [-0.15, -0.1) is 0 Å². The smallest absolute Gasteiger partial charge is 0.247 e. The summed E-state index contributed by atoms with van der Waals surface area (Å²) in [6, 6.07) is 22.6. The zero-order valence-electron chi connectivity index (χ0n) is 19.6. The number of pyridine rings is 1. The van der Waals surface area contributed by atoms with Gasteiger partial charge < -0.3 is 9.64 Å². The number of para-hydroxylation sites is 1. The molecule has 2 heterocycles. The molecule has 36 heavy (non-hydrogen) atoms. The van der Waals surface area contributed by atoms with Gasteiger partial charge in [-0.05, 0) is 36.8 Å². The number of carbonyl (C=O) groups is 2. The first-order valence-corrected chi connectivity index (χ1v) is 12.2. The van der Waals surface area contributed by atoms with E-state index < -0.39 is 0 Å². The molecule has 0 atom stereocenters. The van der Waals surface area contributed by atoms with Gasteiger partial charge in [0.1, 0.15) is 25.4 Å². The lowest BCUT2D eigenvalue weighted by Crippen LogP contribution is -2.53. The maximum atomic E-state index is 13.0. The Morgan fingerprint density at radius 2 is 1.67 bits per heavy atom. The number of fused-ring (bicyclic) bond motifs is 1. The van der Waals surface area contributed by atoms with Crippen LogP contribution >= 0.6 is 23.2 Å². The fourth-order valence-corrected chi connectivity index (χ4v) is 4.82. The zero-order valence-corrected chi connectivity index (χ0v) is 21.1. The van der Waals surface area contributed by atoms with Crippen molar-refractivity contribution in [2.24, 2.45) is 0 Å². The van der Waals surface area contributed by atoms with E-state index in [1.54, 1.807) is 17.0 Å². The standard InChI is InChI=1S/C28H23Cl2N3O3/c1-18-25(13-20-9-5-6-10-23(20)31-18)36-17-21-22(29)11-12-24(28(21)30)33-16-26(34)32(15-27(33)35)14-19-7-3-2-4-8-19/h2-13H,14-17H2,1H3. The van der Waals surface area contributed by atoms with E-state index in [-0.39, 0.29) is 36.5 Å². The maximum Gasteiger partial charge on any atom is 0.247 e. The molecular formula is C28H23Cl2N3O3. The second kappa shape index (κ2) is 10.2. The van der Waals surface area contributed by atoms with E-state index in [9.17, 15) is 9.59 Å². The predicted octanol–water partition coefficient (Wildman–Crippen LogP) is 5.80. The first-order valence-electron chi connectivity index (χ1n) is 11.5. The van der Waals surface area contributed by atoms with Crippen LogP contribution in [0.25, 0.3) is 10.9 Å². The highest BCUT2D eigenvalue weighted by atomic mass is 35.5. The number of aryl methyl sites for hydroxylation is 1. The van der Waals surface area contributed by atoms with E-state index in [1.807, 2.05) is 67.6 Å². The van der Waals surface area contributed by atoms with Crippen LogP contribution in [0.1, 0.15) is 16.8 Å². The molecule has 1 aromatic heterocycles. The van der Waals surface area contributed by atoms with Crippen LogP contribution in [0.5, 0.6) is 5.75 Å². The quantitative estimate of drug-likeness (QED) is 0.322. The lowest BCUT2D eigenvalue weighted by molar-refractivity contribution is -0.138. The number of nitrogens with zero attached hydrogens (tertiary/aromatic N) is 3. The van der Waals surface area contributed by atoms with Crippen molar-refractivity contribution >= 4 is 51.6 Å². The van der Waals surface area contributed by atoms with Crippen LogP contribution in [0, 0.1) is 6.92 Å². The Bertz CT molecular complexity index is 1460. The lowest BCUT2D eigenvalue weighted by atomic mass is 10.1. The summed E-state index contributed by atoms with van der Waals surface area (Å²) in [5.41, 5.74) is 3.57. The van der Waals surface area contributed by atoms with Crippen LogP contribution < -0.4 is 9.64 Å². The molecule has 0 aliphatic carbocycles. The molecule has 1 saturated heterocycles. The van der Waals surface area contributed by atoms with Crippen LogP contribution in [-0.4, -0.2) is 34.8 Å². The maximum absolute atomic E-state index is 13.0. The van der Waals surface area contributed by atoms with Crippen molar-refractivity contribution in [2.75, 3.05) is 18.0 Å². The summed E-state index contributed by atoms with van der Waals surface area (Å²) in [5.74, 6) is 0.253. The SMILES string of the molecule is Cc1nc2ccccc2cc1OCc1c(Cl)ccc(N2CC(=O)N(Cc3ccccc3)CC2=O)c1Cl.